The van der Waals surface area contributed by atoms with Gasteiger partial charge in [-0.15, -0.1) is 11.3 Å². The zero-order chi connectivity index (χ0) is 18.5. The quantitative estimate of drug-likeness (QED) is 0.787. The van der Waals surface area contributed by atoms with Gasteiger partial charge in [-0.3, -0.25) is 14.5 Å². The van der Waals surface area contributed by atoms with Gasteiger partial charge in [0.1, 0.15) is 0 Å². The van der Waals surface area contributed by atoms with Crippen LogP contribution in [0.5, 0.6) is 0 Å². The van der Waals surface area contributed by atoms with Crippen LogP contribution in [0.3, 0.4) is 0 Å². The number of likely N-dealkylation sites (N-methyl/N-ethyl adjacent to an activating group) is 1. The Balaban J connectivity index is 1.46. The second-order valence-corrected chi connectivity index (χ2v) is 8.19. The van der Waals surface area contributed by atoms with E-state index >= 15 is 0 Å². The number of benzene rings is 1. The predicted octanol–water partition coefficient (Wildman–Crippen LogP) is 2.82. The van der Waals surface area contributed by atoms with Crippen LogP contribution >= 0.6 is 22.9 Å². The van der Waals surface area contributed by atoms with Crippen molar-refractivity contribution < 1.29 is 9.59 Å². The molecule has 5 nitrogen and oxygen atoms in total. The van der Waals surface area contributed by atoms with E-state index in [9.17, 15) is 9.59 Å². The average Bonchev–Trinajstić information content (AvgIpc) is 3.07. The van der Waals surface area contributed by atoms with Crippen molar-refractivity contribution in [3.05, 3.63) is 57.2 Å². The van der Waals surface area contributed by atoms with E-state index in [4.69, 9.17) is 11.6 Å². The minimum absolute atomic E-state index is 0.00407. The van der Waals surface area contributed by atoms with Crippen LogP contribution < -0.4 is 0 Å². The molecule has 0 N–H and O–H groups in total. The van der Waals surface area contributed by atoms with E-state index in [1.54, 1.807) is 30.5 Å². The van der Waals surface area contributed by atoms with Crippen molar-refractivity contribution in [2.24, 2.45) is 0 Å². The lowest BCUT2D eigenvalue weighted by Gasteiger charge is -2.35. The van der Waals surface area contributed by atoms with E-state index in [0.717, 1.165) is 24.0 Å². The van der Waals surface area contributed by atoms with Gasteiger partial charge >= 0.3 is 0 Å². The van der Waals surface area contributed by atoms with Crippen LogP contribution in [-0.4, -0.2) is 66.3 Å². The van der Waals surface area contributed by atoms with Crippen LogP contribution in [0, 0.1) is 0 Å². The van der Waals surface area contributed by atoms with E-state index in [1.165, 1.54) is 9.78 Å². The number of piperazine rings is 1. The molecule has 1 aliphatic heterocycles. The van der Waals surface area contributed by atoms with Crippen LogP contribution in [0.15, 0.2) is 42.5 Å². The van der Waals surface area contributed by atoms with Crippen LogP contribution in [0.1, 0.15) is 15.2 Å². The first-order valence-corrected chi connectivity index (χ1v) is 9.77. The van der Waals surface area contributed by atoms with Gasteiger partial charge in [-0.1, -0.05) is 29.8 Å². The van der Waals surface area contributed by atoms with E-state index in [-0.39, 0.29) is 18.4 Å². The SMILES string of the molecule is CN(CC(=O)N1CCN(Cc2ccc(Cl)s2)CC1)C(=O)c1ccccc1. The number of nitrogens with zero attached hydrogens (tertiary/aromatic N) is 3. The number of rotatable bonds is 5. The fourth-order valence-electron chi connectivity index (χ4n) is 2.99. The highest BCUT2D eigenvalue weighted by Gasteiger charge is 2.23. The summed E-state index contributed by atoms with van der Waals surface area (Å²) in [6, 6.07) is 13.0. The molecule has 0 saturated carbocycles. The Morgan fingerprint density at radius 2 is 1.77 bits per heavy atom. The molecule has 1 fully saturated rings. The lowest BCUT2D eigenvalue weighted by atomic mass is 10.2. The number of hydrogen-bond acceptors (Lipinski definition) is 4. The number of carbonyl (C=O) groups excluding carboxylic acids is 2. The summed E-state index contributed by atoms with van der Waals surface area (Å²) in [6.45, 7) is 4.01. The molecule has 1 saturated heterocycles. The topological polar surface area (TPSA) is 43.9 Å². The van der Waals surface area contributed by atoms with Crippen molar-refractivity contribution in [1.82, 2.24) is 14.7 Å². The van der Waals surface area contributed by atoms with E-state index in [1.807, 2.05) is 29.2 Å². The third-order valence-corrected chi connectivity index (χ3v) is 5.69. The molecular weight excluding hydrogens is 370 g/mol. The van der Waals surface area contributed by atoms with Crippen molar-refractivity contribution in [3.8, 4) is 0 Å². The molecule has 26 heavy (non-hydrogen) atoms. The van der Waals surface area contributed by atoms with Crippen molar-refractivity contribution in [3.63, 3.8) is 0 Å². The molecule has 2 aromatic rings. The summed E-state index contributed by atoms with van der Waals surface area (Å²) in [5, 5.41) is 0. The smallest absolute Gasteiger partial charge is 0.254 e. The maximum atomic E-state index is 12.5. The third-order valence-electron chi connectivity index (χ3n) is 4.47. The number of hydrogen-bond donors (Lipinski definition) is 0. The monoisotopic (exact) mass is 391 g/mol. The Hall–Kier alpha value is -1.89. The molecule has 3 rings (SSSR count). The highest BCUT2D eigenvalue weighted by Crippen LogP contribution is 2.23. The Kier molecular flexibility index (Phi) is 6.29. The second-order valence-electron chi connectivity index (χ2n) is 6.39. The van der Waals surface area contributed by atoms with E-state index in [0.29, 0.717) is 18.7 Å². The molecule has 2 amide bonds. The maximum absolute atomic E-state index is 12.5. The highest BCUT2D eigenvalue weighted by atomic mass is 35.5. The normalized spacial score (nSPS) is 15.1. The number of amides is 2. The second kappa shape index (κ2) is 8.66. The summed E-state index contributed by atoms with van der Waals surface area (Å²) in [6.07, 6.45) is 0. The zero-order valence-corrected chi connectivity index (χ0v) is 16.3. The molecular formula is C19H22ClN3O2S. The fourth-order valence-corrected chi connectivity index (χ4v) is 4.12. The zero-order valence-electron chi connectivity index (χ0n) is 14.7. The summed E-state index contributed by atoms with van der Waals surface area (Å²) in [5.41, 5.74) is 0.599. The number of halogens is 1. The molecule has 0 spiro atoms. The molecule has 2 heterocycles. The first-order valence-electron chi connectivity index (χ1n) is 8.58. The lowest BCUT2D eigenvalue weighted by molar-refractivity contribution is -0.133. The van der Waals surface area contributed by atoms with Gasteiger partial charge in [-0.2, -0.15) is 0 Å². The minimum Gasteiger partial charge on any atom is -0.339 e. The van der Waals surface area contributed by atoms with Gasteiger partial charge in [0.15, 0.2) is 0 Å². The number of carbonyl (C=O) groups is 2. The van der Waals surface area contributed by atoms with Crippen LogP contribution in [-0.2, 0) is 11.3 Å². The molecule has 0 radical (unpaired) electrons. The summed E-state index contributed by atoms with van der Waals surface area (Å²) < 4.78 is 0.805. The summed E-state index contributed by atoms with van der Waals surface area (Å²) in [4.78, 5) is 31.8. The van der Waals surface area contributed by atoms with Gasteiger partial charge in [0.25, 0.3) is 5.91 Å². The first kappa shape index (κ1) is 18.9. The molecule has 0 aliphatic carbocycles. The molecule has 0 unspecified atom stereocenters. The number of thiophene rings is 1. The van der Waals surface area contributed by atoms with Crippen LogP contribution in [0.2, 0.25) is 4.34 Å². The van der Waals surface area contributed by atoms with E-state index < -0.39 is 0 Å². The summed E-state index contributed by atoms with van der Waals surface area (Å²) in [5.74, 6) is -0.136. The van der Waals surface area contributed by atoms with Crippen molar-refractivity contribution in [2.45, 2.75) is 6.54 Å². The Morgan fingerprint density at radius 3 is 2.38 bits per heavy atom. The molecule has 1 aromatic carbocycles. The highest BCUT2D eigenvalue weighted by molar-refractivity contribution is 7.16. The van der Waals surface area contributed by atoms with E-state index in [2.05, 4.69) is 11.0 Å². The third kappa shape index (κ3) is 4.84. The average molecular weight is 392 g/mol. The van der Waals surface area contributed by atoms with Crippen molar-refractivity contribution in [1.29, 1.82) is 0 Å². The Morgan fingerprint density at radius 1 is 1.08 bits per heavy atom. The van der Waals surface area contributed by atoms with Gasteiger partial charge in [-0.05, 0) is 24.3 Å². The van der Waals surface area contributed by atoms with Gasteiger partial charge in [0.2, 0.25) is 5.91 Å². The molecule has 0 atom stereocenters. The van der Waals surface area contributed by atoms with Gasteiger partial charge in [0.05, 0.1) is 10.9 Å². The minimum atomic E-state index is -0.132. The van der Waals surface area contributed by atoms with Crippen LogP contribution in [0.4, 0.5) is 0 Å². The van der Waals surface area contributed by atoms with Crippen molar-refractivity contribution in [2.75, 3.05) is 39.8 Å². The Bertz CT molecular complexity index is 757. The van der Waals surface area contributed by atoms with Gasteiger partial charge in [-0.25, -0.2) is 0 Å². The molecule has 7 heteroatoms. The fraction of sp³-hybridized carbons (Fsp3) is 0.368. The maximum Gasteiger partial charge on any atom is 0.254 e. The van der Waals surface area contributed by atoms with Gasteiger partial charge < -0.3 is 9.80 Å². The van der Waals surface area contributed by atoms with Crippen LogP contribution in [0.25, 0.3) is 0 Å². The first-order chi connectivity index (χ1) is 12.5. The lowest BCUT2D eigenvalue weighted by Crippen LogP contribution is -2.51. The summed E-state index contributed by atoms with van der Waals surface area (Å²) >= 11 is 7.57. The van der Waals surface area contributed by atoms with Crippen molar-refractivity contribution >= 4 is 34.8 Å². The predicted molar refractivity (Wildman–Crippen MR) is 105 cm³/mol. The van der Waals surface area contributed by atoms with Gasteiger partial charge in [0, 0.05) is 50.2 Å². The standard InChI is InChI=1S/C19H22ClN3O2S/c1-21(19(25)15-5-3-2-4-6-15)14-18(24)23-11-9-22(10-12-23)13-16-7-8-17(20)26-16/h2-8H,9-14H2,1H3. The summed E-state index contributed by atoms with van der Waals surface area (Å²) in [7, 11) is 1.67. The molecule has 138 valence electrons. The molecule has 1 aliphatic rings. The molecule has 0 bridgehead atoms. The largest absolute Gasteiger partial charge is 0.339 e. The Labute approximate surface area is 162 Å². The molecule has 1 aromatic heterocycles.